The molecule has 322 valence electrons. The molecule has 0 aliphatic rings. The van der Waals surface area contributed by atoms with Crippen molar-refractivity contribution >= 4 is 65.7 Å². The first-order chi connectivity index (χ1) is 34.2. The summed E-state index contributed by atoms with van der Waals surface area (Å²) in [5, 5.41) is 6.46. The molecule has 6 heteroatoms. The molecule has 69 heavy (non-hydrogen) atoms. The minimum Gasteiger partial charge on any atom is -0.456 e. The molecular weight excluding hydrogens is 845 g/mol. The van der Waals surface area contributed by atoms with Crippen molar-refractivity contribution in [3.05, 3.63) is 231 Å². The lowest BCUT2D eigenvalue weighted by Gasteiger charge is -2.12. The topological polar surface area (TPSA) is 69.9 Å². The molecule has 0 radical (unpaired) electrons. The van der Waals surface area contributed by atoms with Gasteiger partial charge in [0, 0.05) is 54.7 Å². The quantitative estimate of drug-likeness (QED) is 0.159. The lowest BCUT2D eigenvalue weighted by Crippen LogP contribution is -2.00. The Labute approximate surface area is 396 Å². The van der Waals surface area contributed by atoms with Crippen molar-refractivity contribution in [2.24, 2.45) is 0 Å². The third-order valence-electron chi connectivity index (χ3n) is 13.5. The summed E-state index contributed by atoms with van der Waals surface area (Å²) in [4.78, 5) is 15.5. The van der Waals surface area contributed by atoms with Gasteiger partial charge in [-0.1, -0.05) is 158 Å². The molecule has 0 atom stereocenters. The lowest BCUT2D eigenvalue weighted by atomic mass is 9.92. The summed E-state index contributed by atoms with van der Waals surface area (Å²) in [6, 6.07) is 80.5. The van der Waals surface area contributed by atoms with Gasteiger partial charge in [-0.25, -0.2) is 15.0 Å². The molecule has 0 fully saturated rings. The van der Waals surface area contributed by atoms with Crippen LogP contribution in [0.15, 0.2) is 239 Å². The Balaban J connectivity index is 0.900. The van der Waals surface area contributed by atoms with Crippen LogP contribution in [0.2, 0.25) is 0 Å². The number of aromatic nitrogens is 4. The summed E-state index contributed by atoms with van der Waals surface area (Å²) in [5.74, 6) is 1.68. The van der Waals surface area contributed by atoms with E-state index in [0.29, 0.717) is 17.5 Å². The molecule has 0 spiro atoms. The van der Waals surface area contributed by atoms with Gasteiger partial charge in [0.1, 0.15) is 22.3 Å². The van der Waals surface area contributed by atoms with Crippen LogP contribution in [0.3, 0.4) is 0 Å². The van der Waals surface area contributed by atoms with Crippen LogP contribution >= 0.6 is 0 Å². The predicted octanol–water partition coefficient (Wildman–Crippen LogP) is 16.8. The fourth-order valence-electron chi connectivity index (χ4n) is 10.2. The van der Waals surface area contributed by atoms with Gasteiger partial charge in [0.2, 0.25) is 0 Å². The van der Waals surface area contributed by atoms with E-state index in [2.05, 4.69) is 180 Å². The molecule has 14 aromatic rings. The third-order valence-corrected chi connectivity index (χ3v) is 13.5. The molecule has 0 bridgehead atoms. The van der Waals surface area contributed by atoms with Gasteiger partial charge in [-0.05, 0) is 106 Å². The molecule has 6 nitrogen and oxygen atoms in total. The van der Waals surface area contributed by atoms with Gasteiger partial charge in [-0.15, -0.1) is 0 Å². The molecule has 0 amide bonds. The minimum absolute atomic E-state index is 0.550. The van der Waals surface area contributed by atoms with Crippen LogP contribution < -0.4 is 0 Å². The van der Waals surface area contributed by atoms with Crippen LogP contribution in [0.4, 0.5) is 0 Å². The Morgan fingerprint density at radius 1 is 0.275 bits per heavy atom. The average Bonchev–Trinajstić information content (AvgIpc) is 4.10. The Bertz CT molecular complexity index is 4300. The van der Waals surface area contributed by atoms with Gasteiger partial charge >= 0.3 is 0 Å². The number of benzene rings is 10. The Hall–Kier alpha value is -9.39. The molecule has 0 saturated carbocycles. The van der Waals surface area contributed by atoms with Crippen molar-refractivity contribution in [2.45, 2.75) is 0 Å². The van der Waals surface area contributed by atoms with E-state index in [-0.39, 0.29) is 0 Å². The van der Waals surface area contributed by atoms with E-state index in [9.17, 15) is 0 Å². The Morgan fingerprint density at radius 2 is 0.812 bits per heavy atom. The Kier molecular flexibility index (Phi) is 8.79. The molecule has 0 aliphatic carbocycles. The van der Waals surface area contributed by atoms with E-state index in [1.165, 1.54) is 21.8 Å². The highest BCUT2D eigenvalue weighted by Gasteiger charge is 2.21. The fraction of sp³-hybridized carbons (Fsp3) is 0. The van der Waals surface area contributed by atoms with Gasteiger partial charge in [0.15, 0.2) is 17.5 Å². The fourth-order valence-corrected chi connectivity index (χ4v) is 10.2. The van der Waals surface area contributed by atoms with Crippen molar-refractivity contribution in [1.82, 2.24) is 19.5 Å². The summed E-state index contributed by atoms with van der Waals surface area (Å²) < 4.78 is 15.5. The number of fused-ring (bicyclic) bond motifs is 9. The first-order valence-electron chi connectivity index (χ1n) is 23.2. The summed E-state index contributed by atoms with van der Waals surface area (Å²) in [7, 11) is 0. The van der Waals surface area contributed by atoms with Crippen LogP contribution in [0.1, 0.15) is 0 Å². The largest absolute Gasteiger partial charge is 0.456 e. The van der Waals surface area contributed by atoms with E-state index >= 15 is 0 Å². The molecule has 0 N–H and O–H groups in total. The van der Waals surface area contributed by atoms with Crippen LogP contribution in [0.25, 0.3) is 139 Å². The molecule has 14 rings (SSSR count). The zero-order valence-electron chi connectivity index (χ0n) is 37.0. The normalized spacial score (nSPS) is 11.8. The maximum atomic E-state index is 6.61. The standard InChI is InChI=1S/C63H38N4O2/c1-4-15-39(16-5-1)41-27-31-49-50-32-28-44(38-59(50)69-58(49)37-41)62-64-61(40-17-6-2-7-18-40)65-63(66-62)51-24-14-26-57-60(51)53-36-43(30-34-56(53)68-57)47-22-11-10-21-46(47)42-29-33-55-52(35-42)48-23-12-13-25-54(48)67(55)45-19-8-3-9-20-45/h1-38H. The minimum atomic E-state index is 0.550. The van der Waals surface area contributed by atoms with Crippen molar-refractivity contribution in [3.8, 4) is 73.2 Å². The number of hydrogen-bond donors (Lipinski definition) is 0. The second-order valence-corrected chi connectivity index (χ2v) is 17.5. The summed E-state index contributed by atoms with van der Waals surface area (Å²) >= 11 is 0. The van der Waals surface area contributed by atoms with Gasteiger partial charge in [0.25, 0.3) is 0 Å². The van der Waals surface area contributed by atoms with Crippen LogP contribution in [-0.4, -0.2) is 19.5 Å². The van der Waals surface area contributed by atoms with Gasteiger partial charge in [0.05, 0.1) is 11.0 Å². The number of nitrogens with zero attached hydrogens (tertiary/aromatic N) is 4. The van der Waals surface area contributed by atoms with E-state index in [4.69, 9.17) is 23.8 Å². The van der Waals surface area contributed by atoms with Gasteiger partial charge in [-0.2, -0.15) is 0 Å². The van der Waals surface area contributed by atoms with Gasteiger partial charge in [-0.3, -0.25) is 0 Å². The van der Waals surface area contributed by atoms with Gasteiger partial charge < -0.3 is 13.4 Å². The third kappa shape index (κ3) is 6.45. The summed E-state index contributed by atoms with van der Waals surface area (Å²) in [6.07, 6.45) is 0. The average molecular weight is 883 g/mol. The molecule has 4 heterocycles. The first kappa shape index (κ1) is 38.8. The van der Waals surface area contributed by atoms with E-state index < -0.39 is 0 Å². The lowest BCUT2D eigenvalue weighted by molar-refractivity contribution is 0.668. The number of hydrogen-bond acceptors (Lipinski definition) is 5. The zero-order chi connectivity index (χ0) is 45.4. The second kappa shape index (κ2) is 15.6. The molecular formula is C63H38N4O2. The van der Waals surface area contributed by atoms with Crippen molar-refractivity contribution < 1.29 is 8.83 Å². The molecule has 4 aromatic heterocycles. The SMILES string of the molecule is c1ccc(-c2ccc3c(c2)oc2cc(-c4nc(-c5ccccc5)nc(-c5cccc6oc7ccc(-c8ccccc8-c8ccc9c(c8)c8ccccc8n9-c8ccccc8)cc7c56)n4)ccc23)cc1. The molecule has 0 aliphatic heterocycles. The monoisotopic (exact) mass is 882 g/mol. The second-order valence-electron chi connectivity index (χ2n) is 17.5. The highest BCUT2D eigenvalue weighted by atomic mass is 16.3. The van der Waals surface area contributed by atoms with E-state index in [1.807, 2.05) is 54.6 Å². The molecule has 0 saturated heterocycles. The maximum Gasteiger partial charge on any atom is 0.164 e. The molecule has 0 unspecified atom stereocenters. The molecule has 10 aromatic carbocycles. The van der Waals surface area contributed by atoms with Crippen LogP contribution in [-0.2, 0) is 0 Å². The predicted molar refractivity (Wildman–Crippen MR) is 281 cm³/mol. The number of furan rings is 2. The van der Waals surface area contributed by atoms with Crippen molar-refractivity contribution in [2.75, 3.05) is 0 Å². The number of rotatable bonds is 7. The van der Waals surface area contributed by atoms with Crippen LogP contribution in [0, 0.1) is 0 Å². The van der Waals surface area contributed by atoms with E-state index in [1.54, 1.807) is 0 Å². The van der Waals surface area contributed by atoms with Crippen LogP contribution in [0.5, 0.6) is 0 Å². The Morgan fingerprint density at radius 3 is 1.57 bits per heavy atom. The van der Waals surface area contributed by atoms with E-state index in [0.717, 1.165) is 99.6 Å². The highest BCUT2D eigenvalue weighted by Crippen LogP contribution is 2.42. The van der Waals surface area contributed by atoms with Crippen molar-refractivity contribution in [1.29, 1.82) is 0 Å². The maximum absolute atomic E-state index is 6.61. The number of para-hydroxylation sites is 2. The zero-order valence-corrected chi connectivity index (χ0v) is 37.0. The first-order valence-corrected chi connectivity index (χ1v) is 23.2. The van der Waals surface area contributed by atoms with Crippen molar-refractivity contribution in [3.63, 3.8) is 0 Å². The smallest absolute Gasteiger partial charge is 0.164 e. The highest BCUT2D eigenvalue weighted by molar-refractivity contribution is 6.14. The summed E-state index contributed by atoms with van der Waals surface area (Å²) in [6.45, 7) is 0. The summed E-state index contributed by atoms with van der Waals surface area (Å²) in [5.41, 5.74) is 16.0.